The van der Waals surface area contributed by atoms with E-state index in [1.165, 1.54) is 17.7 Å². The maximum Gasteiger partial charge on any atom is 0.223 e. The number of aromatic nitrogens is 1. The molecular weight excluding hydrogens is 343 g/mol. The van der Waals surface area contributed by atoms with Crippen LogP contribution in [0.3, 0.4) is 0 Å². The van der Waals surface area contributed by atoms with Crippen molar-refractivity contribution in [3.63, 3.8) is 0 Å². The van der Waals surface area contributed by atoms with Crippen LogP contribution in [0.25, 0.3) is 11.3 Å². The molecule has 0 radical (unpaired) electrons. The number of benzene rings is 2. The number of aryl methyl sites for hydroxylation is 2. The number of nitrogens with zero attached hydrogens (tertiary/aromatic N) is 2. The highest BCUT2D eigenvalue weighted by Crippen LogP contribution is 2.21. The van der Waals surface area contributed by atoms with Gasteiger partial charge in [-0.2, -0.15) is 0 Å². The summed E-state index contributed by atoms with van der Waals surface area (Å²) < 4.78 is 18.7. The normalized spacial score (nSPS) is 10.8. The first-order valence-corrected chi connectivity index (χ1v) is 9.07. The third-order valence-electron chi connectivity index (χ3n) is 4.51. The molecule has 2 aromatic carbocycles. The van der Waals surface area contributed by atoms with Gasteiger partial charge in [-0.3, -0.25) is 4.79 Å². The fraction of sp³-hybridized carbons (Fsp3) is 0.273. The second kappa shape index (κ2) is 8.62. The molecule has 0 fully saturated rings. The molecule has 27 heavy (non-hydrogen) atoms. The van der Waals surface area contributed by atoms with E-state index in [0.717, 1.165) is 17.5 Å². The smallest absolute Gasteiger partial charge is 0.223 e. The number of rotatable bonds is 7. The van der Waals surface area contributed by atoms with Gasteiger partial charge in [-0.1, -0.05) is 31.2 Å². The van der Waals surface area contributed by atoms with Crippen LogP contribution >= 0.6 is 0 Å². The predicted octanol–water partition coefficient (Wildman–Crippen LogP) is 4.63. The molecular formula is C22H23FN2O2. The lowest BCUT2D eigenvalue weighted by Gasteiger charge is -2.17. The van der Waals surface area contributed by atoms with E-state index in [0.29, 0.717) is 31.0 Å². The molecule has 0 spiro atoms. The first kappa shape index (κ1) is 18.8. The number of carbonyl (C=O) groups is 1. The van der Waals surface area contributed by atoms with Crippen LogP contribution in [0.1, 0.15) is 30.4 Å². The molecule has 0 saturated heterocycles. The molecule has 0 aliphatic heterocycles. The lowest BCUT2D eigenvalue weighted by Crippen LogP contribution is -2.26. The molecule has 0 N–H and O–H groups in total. The van der Waals surface area contributed by atoms with Crippen molar-refractivity contribution in [1.29, 1.82) is 0 Å². The van der Waals surface area contributed by atoms with E-state index < -0.39 is 0 Å². The van der Waals surface area contributed by atoms with Gasteiger partial charge in [-0.05, 0) is 41.8 Å². The van der Waals surface area contributed by atoms with Crippen molar-refractivity contribution in [3.05, 3.63) is 77.6 Å². The fourth-order valence-electron chi connectivity index (χ4n) is 2.82. The van der Waals surface area contributed by atoms with E-state index >= 15 is 0 Å². The van der Waals surface area contributed by atoms with E-state index in [1.807, 2.05) is 0 Å². The van der Waals surface area contributed by atoms with Gasteiger partial charge in [0.05, 0.1) is 6.20 Å². The average Bonchev–Trinajstić information content (AvgIpc) is 3.16. The van der Waals surface area contributed by atoms with Gasteiger partial charge in [0.2, 0.25) is 5.91 Å². The van der Waals surface area contributed by atoms with Crippen LogP contribution in [0.4, 0.5) is 4.39 Å². The standard InChI is InChI=1S/C22H23FN2O2/c1-3-16-4-6-17(7-5-16)15-25(2)22(26)13-12-21-24-14-20(27-21)18-8-10-19(23)11-9-18/h4-11,14H,3,12-13,15H2,1-2H3. The van der Waals surface area contributed by atoms with E-state index in [1.54, 1.807) is 30.3 Å². The van der Waals surface area contributed by atoms with Crippen molar-refractivity contribution in [3.8, 4) is 11.3 Å². The summed E-state index contributed by atoms with van der Waals surface area (Å²) in [6.07, 6.45) is 3.36. The SMILES string of the molecule is CCc1ccc(CN(C)C(=O)CCc2ncc(-c3ccc(F)cc3)o2)cc1. The highest BCUT2D eigenvalue weighted by molar-refractivity contribution is 5.76. The zero-order chi connectivity index (χ0) is 19.2. The largest absolute Gasteiger partial charge is 0.441 e. The number of amides is 1. The van der Waals surface area contributed by atoms with Crippen molar-refractivity contribution in [2.45, 2.75) is 32.7 Å². The Balaban J connectivity index is 1.53. The van der Waals surface area contributed by atoms with Crippen LogP contribution in [0.2, 0.25) is 0 Å². The number of oxazole rings is 1. The van der Waals surface area contributed by atoms with Crippen LogP contribution in [-0.4, -0.2) is 22.8 Å². The Hall–Kier alpha value is -2.95. The molecule has 1 aromatic heterocycles. The maximum absolute atomic E-state index is 13.0. The minimum absolute atomic E-state index is 0.0381. The Kier molecular flexibility index (Phi) is 6.01. The molecule has 3 rings (SSSR count). The van der Waals surface area contributed by atoms with Crippen molar-refractivity contribution in [2.24, 2.45) is 0 Å². The number of carbonyl (C=O) groups excluding carboxylic acids is 1. The highest BCUT2D eigenvalue weighted by Gasteiger charge is 2.13. The quantitative estimate of drug-likeness (QED) is 0.612. The molecule has 140 valence electrons. The molecule has 3 aromatic rings. The Bertz CT molecular complexity index is 885. The van der Waals surface area contributed by atoms with E-state index in [-0.39, 0.29) is 11.7 Å². The molecule has 0 aliphatic rings. The lowest BCUT2D eigenvalue weighted by atomic mass is 10.1. The molecule has 0 bridgehead atoms. The summed E-state index contributed by atoms with van der Waals surface area (Å²) in [6.45, 7) is 2.70. The minimum atomic E-state index is -0.295. The topological polar surface area (TPSA) is 46.3 Å². The summed E-state index contributed by atoms with van der Waals surface area (Å²) in [6, 6.07) is 14.4. The summed E-state index contributed by atoms with van der Waals surface area (Å²) in [5.74, 6) is 0.817. The number of halogens is 1. The summed E-state index contributed by atoms with van der Waals surface area (Å²) in [5, 5.41) is 0. The van der Waals surface area contributed by atoms with E-state index in [9.17, 15) is 9.18 Å². The molecule has 0 aliphatic carbocycles. The molecule has 1 heterocycles. The Morgan fingerprint density at radius 2 is 1.74 bits per heavy atom. The van der Waals surface area contributed by atoms with Gasteiger partial charge in [-0.25, -0.2) is 9.37 Å². The van der Waals surface area contributed by atoms with Gasteiger partial charge in [-0.15, -0.1) is 0 Å². The van der Waals surface area contributed by atoms with Crippen LogP contribution in [0.5, 0.6) is 0 Å². The Morgan fingerprint density at radius 1 is 1.07 bits per heavy atom. The van der Waals surface area contributed by atoms with Crippen LogP contribution in [0.15, 0.2) is 59.1 Å². The zero-order valence-corrected chi connectivity index (χ0v) is 15.6. The minimum Gasteiger partial charge on any atom is -0.441 e. The molecule has 0 atom stereocenters. The first-order valence-electron chi connectivity index (χ1n) is 9.07. The molecule has 0 saturated carbocycles. The van der Waals surface area contributed by atoms with Crippen molar-refractivity contribution in [1.82, 2.24) is 9.88 Å². The summed E-state index contributed by atoms with van der Waals surface area (Å²) >= 11 is 0. The van der Waals surface area contributed by atoms with Crippen LogP contribution in [-0.2, 0) is 24.2 Å². The zero-order valence-electron chi connectivity index (χ0n) is 15.6. The Morgan fingerprint density at radius 3 is 2.41 bits per heavy atom. The van der Waals surface area contributed by atoms with Crippen molar-refractivity contribution < 1.29 is 13.6 Å². The Labute approximate surface area is 158 Å². The third-order valence-corrected chi connectivity index (χ3v) is 4.51. The highest BCUT2D eigenvalue weighted by atomic mass is 19.1. The number of hydrogen-bond acceptors (Lipinski definition) is 3. The maximum atomic E-state index is 13.0. The molecule has 0 unspecified atom stereocenters. The van der Waals surface area contributed by atoms with E-state index in [4.69, 9.17) is 4.42 Å². The van der Waals surface area contributed by atoms with Gasteiger partial charge >= 0.3 is 0 Å². The first-order chi connectivity index (χ1) is 13.0. The molecule has 5 heteroatoms. The summed E-state index contributed by atoms with van der Waals surface area (Å²) in [5.41, 5.74) is 3.15. The second-order valence-electron chi connectivity index (χ2n) is 6.54. The summed E-state index contributed by atoms with van der Waals surface area (Å²) in [7, 11) is 1.80. The lowest BCUT2D eigenvalue weighted by molar-refractivity contribution is -0.130. The van der Waals surface area contributed by atoms with Gasteiger partial charge in [0.25, 0.3) is 0 Å². The van der Waals surface area contributed by atoms with Crippen molar-refractivity contribution >= 4 is 5.91 Å². The predicted molar refractivity (Wildman–Crippen MR) is 103 cm³/mol. The monoisotopic (exact) mass is 366 g/mol. The van der Waals surface area contributed by atoms with Gasteiger partial charge in [0.15, 0.2) is 11.7 Å². The van der Waals surface area contributed by atoms with E-state index in [2.05, 4.69) is 36.2 Å². The third kappa shape index (κ3) is 5.03. The number of hydrogen-bond donors (Lipinski definition) is 0. The van der Waals surface area contributed by atoms with Gasteiger partial charge in [0.1, 0.15) is 5.82 Å². The van der Waals surface area contributed by atoms with Crippen LogP contribution < -0.4 is 0 Å². The summed E-state index contributed by atoms with van der Waals surface area (Å²) in [4.78, 5) is 18.3. The molecule has 4 nitrogen and oxygen atoms in total. The average molecular weight is 366 g/mol. The van der Waals surface area contributed by atoms with Gasteiger partial charge < -0.3 is 9.32 Å². The second-order valence-corrected chi connectivity index (χ2v) is 6.54. The fourth-order valence-corrected chi connectivity index (χ4v) is 2.82. The van der Waals surface area contributed by atoms with Crippen molar-refractivity contribution in [2.75, 3.05) is 7.05 Å². The van der Waals surface area contributed by atoms with Gasteiger partial charge in [0, 0.05) is 32.0 Å². The molecule has 1 amide bonds. The van der Waals surface area contributed by atoms with Crippen LogP contribution in [0, 0.1) is 5.82 Å².